The maximum Gasteiger partial charge on any atom is -0.0199 e. The van der Waals surface area contributed by atoms with Gasteiger partial charge in [0.15, 0.2) is 0 Å². The molecule has 0 heterocycles. The van der Waals surface area contributed by atoms with Crippen LogP contribution in [0.1, 0.15) is 117 Å². The van der Waals surface area contributed by atoms with E-state index in [4.69, 9.17) is 0 Å². The Morgan fingerprint density at radius 1 is 0.857 bits per heavy atom. The molecule has 3 aliphatic carbocycles. The van der Waals surface area contributed by atoms with E-state index < -0.39 is 0 Å². The predicted molar refractivity (Wildman–Crippen MR) is 124 cm³/mol. The largest absolute Gasteiger partial charge is 0.0812 e. The zero-order chi connectivity index (χ0) is 19.8. The molecule has 28 heavy (non-hydrogen) atoms. The van der Waals surface area contributed by atoms with Crippen LogP contribution in [-0.2, 0) is 0 Å². The Bertz CT molecular complexity index is 494. The molecule has 3 rings (SSSR count). The maximum atomic E-state index is 2.70. The first-order valence-electron chi connectivity index (χ1n) is 13.1. The van der Waals surface area contributed by atoms with Crippen molar-refractivity contribution in [1.29, 1.82) is 0 Å². The molecule has 0 spiro atoms. The van der Waals surface area contributed by atoms with E-state index in [-0.39, 0.29) is 0 Å². The molecule has 0 radical (unpaired) electrons. The van der Waals surface area contributed by atoms with Gasteiger partial charge in [-0.15, -0.1) is 0 Å². The monoisotopic (exact) mass is 384 g/mol. The highest BCUT2D eigenvalue weighted by Crippen LogP contribution is 2.41. The summed E-state index contributed by atoms with van der Waals surface area (Å²) < 4.78 is 0. The van der Waals surface area contributed by atoms with E-state index in [1.54, 1.807) is 12.0 Å². The highest BCUT2D eigenvalue weighted by Gasteiger charge is 2.29. The number of rotatable bonds is 6. The van der Waals surface area contributed by atoms with Gasteiger partial charge in [0.05, 0.1) is 0 Å². The Morgan fingerprint density at radius 2 is 1.57 bits per heavy atom. The number of hydrogen-bond donors (Lipinski definition) is 0. The minimum absolute atomic E-state index is 0.774. The topological polar surface area (TPSA) is 0 Å². The van der Waals surface area contributed by atoms with Crippen LogP contribution in [-0.4, -0.2) is 0 Å². The van der Waals surface area contributed by atoms with Crippen molar-refractivity contribution in [3.8, 4) is 0 Å². The van der Waals surface area contributed by atoms with E-state index in [2.05, 4.69) is 39.0 Å². The Morgan fingerprint density at radius 3 is 2.36 bits per heavy atom. The SMILES string of the molecule is CCC(/C=C/C1=CC(C(C)C2CCCCC3CCCC(CC2)C3)CCC1)CC. The molecule has 0 nitrogen and oxygen atoms in total. The standard InChI is InChI=1S/C28H48/c1-4-23(5-2)16-17-26-13-9-15-28(21-26)22(3)27-14-7-6-10-24-11-8-12-25(20-24)18-19-27/h16-17,21-25,27-28H,4-15,18-20H2,1-3H3/b17-16+. The first-order valence-corrected chi connectivity index (χ1v) is 13.1. The van der Waals surface area contributed by atoms with E-state index in [1.165, 1.54) is 89.9 Å². The van der Waals surface area contributed by atoms with Crippen LogP contribution in [0.25, 0.3) is 0 Å². The highest BCUT2D eigenvalue weighted by atomic mass is 14.3. The van der Waals surface area contributed by atoms with Crippen LogP contribution in [0.3, 0.4) is 0 Å². The summed E-state index contributed by atoms with van der Waals surface area (Å²) >= 11 is 0. The predicted octanol–water partition coefficient (Wildman–Crippen LogP) is 9.12. The fourth-order valence-electron chi connectivity index (χ4n) is 6.59. The van der Waals surface area contributed by atoms with Crippen molar-refractivity contribution in [2.24, 2.45) is 35.5 Å². The maximum absolute atomic E-state index is 2.70. The molecule has 0 heteroatoms. The van der Waals surface area contributed by atoms with E-state index >= 15 is 0 Å². The smallest absolute Gasteiger partial charge is 0.0199 e. The van der Waals surface area contributed by atoms with E-state index in [0.717, 1.165) is 35.5 Å². The lowest BCUT2D eigenvalue weighted by Crippen LogP contribution is -2.24. The van der Waals surface area contributed by atoms with Crippen molar-refractivity contribution in [3.63, 3.8) is 0 Å². The Kier molecular flexibility index (Phi) is 9.19. The summed E-state index contributed by atoms with van der Waals surface area (Å²) in [6, 6.07) is 0. The number of fused-ring (bicyclic) bond motifs is 2. The van der Waals surface area contributed by atoms with Crippen molar-refractivity contribution in [1.82, 2.24) is 0 Å². The summed E-state index contributed by atoms with van der Waals surface area (Å²) in [4.78, 5) is 0. The Balaban J connectivity index is 1.60. The summed E-state index contributed by atoms with van der Waals surface area (Å²) in [5, 5.41) is 0. The van der Waals surface area contributed by atoms with Crippen LogP contribution in [0.2, 0.25) is 0 Å². The summed E-state index contributed by atoms with van der Waals surface area (Å²) in [7, 11) is 0. The molecule has 160 valence electrons. The number of allylic oxidation sites excluding steroid dienone is 4. The number of hydrogen-bond acceptors (Lipinski definition) is 0. The van der Waals surface area contributed by atoms with Crippen LogP contribution in [0, 0.1) is 35.5 Å². The third-order valence-electron chi connectivity index (χ3n) is 8.76. The van der Waals surface area contributed by atoms with Crippen LogP contribution in [0.5, 0.6) is 0 Å². The second kappa shape index (κ2) is 11.6. The van der Waals surface area contributed by atoms with E-state index in [0.29, 0.717) is 0 Å². The summed E-state index contributed by atoms with van der Waals surface area (Å²) in [5.74, 6) is 5.61. The van der Waals surface area contributed by atoms with Gasteiger partial charge < -0.3 is 0 Å². The molecule has 5 unspecified atom stereocenters. The van der Waals surface area contributed by atoms with Gasteiger partial charge in [0, 0.05) is 0 Å². The minimum atomic E-state index is 0.774. The van der Waals surface area contributed by atoms with Crippen molar-refractivity contribution in [2.75, 3.05) is 0 Å². The minimum Gasteiger partial charge on any atom is -0.0812 e. The Labute approximate surface area is 176 Å². The summed E-state index contributed by atoms with van der Waals surface area (Å²) in [6.45, 7) is 7.26. The van der Waals surface area contributed by atoms with Crippen LogP contribution >= 0.6 is 0 Å². The summed E-state index contributed by atoms with van der Waals surface area (Å²) in [6.07, 6.45) is 29.7. The first kappa shape index (κ1) is 22.2. The van der Waals surface area contributed by atoms with E-state index in [1.807, 2.05) is 0 Å². The second-order valence-corrected chi connectivity index (χ2v) is 10.6. The fraction of sp³-hybridized carbons (Fsp3) is 0.857. The molecular formula is C28H48. The molecule has 0 aromatic rings. The van der Waals surface area contributed by atoms with Crippen LogP contribution < -0.4 is 0 Å². The molecule has 0 N–H and O–H groups in total. The Hall–Kier alpha value is -0.520. The van der Waals surface area contributed by atoms with Crippen molar-refractivity contribution in [3.05, 3.63) is 23.8 Å². The van der Waals surface area contributed by atoms with Gasteiger partial charge in [-0.3, -0.25) is 0 Å². The quantitative estimate of drug-likeness (QED) is 0.428. The van der Waals surface area contributed by atoms with Gasteiger partial charge in [0.2, 0.25) is 0 Å². The summed E-state index contributed by atoms with van der Waals surface area (Å²) in [5.41, 5.74) is 1.64. The van der Waals surface area contributed by atoms with Crippen molar-refractivity contribution in [2.45, 2.75) is 117 Å². The van der Waals surface area contributed by atoms with Gasteiger partial charge in [-0.05, 0) is 80.5 Å². The van der Waals surface area contributed by atoms with Gasteiger partial charge in [0.25, 0.3) is 0 Å². The second-order valence-electron chi connectivity index (χ2n) is 10.6. The average molecular weight is 385 g/mol. The molecule has 2 saturated carbocycles. The molecule has 3 aliphatic rings. The molecule has 0 aromatic carbocycles. The lowest BCUT2D eigenvalue weighted by molar-refractivity contribution is 0.175. The fourth-order valence-corrected chi connectivity index (χ4v) is 6.59. The molecule has 0 saturated heterocycles. The molecular weight excluding hydrogens is 336 g/mol. The molecule has 2 fully saturated rings. The van der Waals surface area contributed by atoms with E-state index in [9.17, 15) is 0 Å². The lowest BCUT2D eigenvalue weighted by Gasteiger charge is -2.36. The average Bonchev–Trinajstić information content (AvgIpc) is 2.74. The molecule has 0 aromatic heterocycles. The lowest BCUT2D eigenvalue weighted by atomic mass is 9.70. The van der Waals surface area contributed by atoms with Gasteiger partial charge in [-0.2, -0.15) is 0 Å². The normalized spacial score (nSPS) is 33.6. The van der Waals surface area contributed by atoms with Gasteiger partial charge in [-0.1, -0.05) is 95.9 Å². The molecule has 5 atom stereocenters. The third kappa shape index (κ3) is 6.50. The van der Waals surface area contributed by atoms with Crippen LogP contribution in [0.15, 0.2) is 23.8 Å². The third-order valence-corrected chi connectivity index (χ3v) is 8.76. The first-order chi connectivity index (χ1) is 13.7. The molecule has 2 bridgehead atoms. The molecule has 0 aliphatic heterocycles. The zero-order valence-electron chi connectivity index (χ0n) is 19.3. The van der Waals surface area contributed by atoms with Crippen molar-refractivity contribution < 1.29 is 0 Å². The zero-order valence-corrected chi connectivity index (χ0v) is 19.3. The van der Waals surface area contributed by atoms with Gasteiger partial charge in [0.1, 0.15) is 0 Å². The van der Waals surface area contributed by atoms with Gasteiger partial charge in [-0.25, -0.2) is 0 Å². The van der Waals surface area contributed by atoms with Crippen LogP contribution in [0.4, 0.5) is 0 Å². The highest BCUT2D eigenvalue weighted by molar-refractivity contribution is 5.22. The van der Waals surface area contributed by atoms with Gasteiger partial charge >= 0.3 is 0 Å². The van der Waals surface area contributed by atoms with Crippen molar-refractivity contribution >= 4 is 0 Å². The molecule has 0 amide bonds.